The number of anilines is 1. The van der Waals surface area contributed by atoms with Gasteiger partial charge in [0.15, 0.2) is 0 Å². The summed E-state index contributed by atoms with van der Waals surface area (Å²) in [6.07, 6.45) is 5.81. The molecule has 1 aliphatic heterocycles. The van der Waals surface area contributed by atoms with Crippen LogP contribution in [-0.2, 0) is 0 Å². The zero-order valence-corrected chi connectivity index (χ0v) is 21.1. The van der Waals surface area contributed by atoms with E-state index in [2.05, 4.69) is 47.8 Å². The molecular formula is C28H31FN8. The molecule has 5 heterocycles. The van der Waals surface area contributed by atoms with Crippen molar-refractivity contribution in [3.8, 4) is 22.5 Å². The fourth-order valence-corrected chi connectivity index (χ4v) is 5.16. The third-order valence-electron chi connectivity index (χ3n) is 7.11. The van der Waals surface area contributed by atoms with E-state index in [-0.39, 0.29) is 5.82 Å². The summed E-state index contributed by atoms with van der Waals surface area (Å²) < 4.78 is 14.6. The molecule has 37 heavy (non-hydrogen) atoms. The number of likely N-dealkylation sites (N-methyl/N-ethyl adjacent to an activating group) is 1. The van der Waals surface area contributed by atoms with E-state index in [1.807, 2.05) is 32.4 Å². The number of rotatable bonds is 7. The molecule has 190 valence electrons. The maximum Gasteiger partial charge on any atom is 0.138 e. The number of nitrogens with one attached hydrogen (secondary N) is 4. The average Bonchev–Trinajstić information content (AvgIpc) is 3.52. The molecule has 4 N–H and O–H groups in total. The van der Waals surface area contributed by atoms with Crippen LogP contribution in [0.2, 0.25) is 0 Å². The lowest BCUT2D eigenvalue weighted by Gasteiger charge is -2.22. The van der Waals surface area contributed by atoms with Crippen molar-refractivity contribution in [3.63, 3.8) is 0 Å². The Kier molecular flexibility index (Phi) is 6.31. The normalized spacial score (nSPS) is 14.7. The van der Waals surface area contributed by atoms with Gasteiger partial charge in [0, 0.05) is 47.4 Å². The van der Waals surface area contributed by atoms with E-state index in [4.69, 9.17) is 4.98 Å². The topological polar surface area (TPSA) is 97.5 Å². The van der Waals surface area contributed by atoms with Gasteiger partial charge in [0.1, 0.15) is 17.2 Å². The zero-order valence-electron chi connectivity index (χ0n) is 21.1. The summed E-state index contributed by atoms with van der Waals surface area (Å²) in [7, 11) is 4.03. The number of halogens is 1. The van der Waals surface area contributed by atoms with Crippen LogP contribution in [0.5, 0.6) is 0 Å². The number of piperidine rings is 1. The van der Waals surface area contributed by atoms with Gasteiger partial charge >= 0.3 is 0 Å². The van der Waals surface area contributed by atoms with E-state index in [1.165, 1.54) is 6.07 Å². The van der Waals surface area contributed by atoms with Gasteiger partial charge in [0.2, 0.25) is 0 Å². The Hall–Kier alpha value is -3.82. The first-order chi connectivity index (χ1) is 18.0. The van der Waals surface area contributed by atoms with Gasteiger partial charge < -0.3 is 20.5 Å². The summed E-state index contributed by atoms with van der Waals surface area (Å²) in [5, 5.41) is 16.4. The molecule has 0 radical (unpaired) electrons. The fourth-order valence-electron chi connectivity index (χ4n) is 5.16. The number of hydrogen-bond donors (Lipinski definition) is 4. The van der Waals surface area contributed by atoms with Gasteiger partial charge in [-0.2, -0.15) is 5.10 Å². The maximum atomic E-state index is 14.6. The van der Waals surface area contributed by atoms with Crippen molar-refractivity contribution >= 4 is 27.6 Å². The second kappa shape index (κ2) is 9.91. The van der Waals surface area contributed by atoms with Crippen molar-refractivity contribution in [3.05, 3.63) is 60.3 Å². The number of aromatic amines is 2. The van der Waals surface area contributed by atoms with Gasteiger partial charge in [-0.25, -0.2) is 9.37 Å². The average molecular weight is 499 g/mol. The van der Waals surface area contributed by atoms with Crippen LogP contribution in [0.15, 0.2) is 48.8 Å². The molecule has 1 aromatic carbocycles. The molecule has 0 amide bonds. The molecule has 1 fully saturated rings. The molecule has 0 saturated carbocycles. The van der Waals surface area contributed by atoms with Gasteiger partial charge in [-0.1, -0.05) is 0 Å². The standard InChI is InChI=1S/C28H31FN8/c1-37(2)10-9-31-20-12-18(11-19(29)13-20)21-5-8-32-28-22(21)14-25(34-28)27-23-15-24(17-3-6-30-7-4-17)33-16-26(23)35-36-27/h5,8,11-17,30-31H,3-4,6-7,9-10H2,1-2H3,(H,32,34)(H,35,36). The van der Waals surface area contributed by atoms with Crippen LogP contribution in [0.3, 0.4) is 0 Å². The van der Waals surface area contributed by atoms with Crippen molar-refractivity contribution < 1.29 is 4.39 Å². The van der Waals surface area contributed by atoms with Crippen LogP contribution >= 0.6 is 0 Å². The number of nitrogens with zero attached hydrogens (tertiary/aromatic N) is 4. The predicted octanol–water partition coefficient (Wildman–Crippen LogP) is 4.75. The van der Waals surface area contributed by atoms with E-state index in [9.17, 15) is 4.39 Å². The van der Waals surface area contributed by atoms with Gasteiger partial charge in [0.25, 0.3) is 0 Å². The van der Waals surface area contributed by atoms with Crippen molar-refractivity contribution in [2.75, 3.05) is 45.6 Å². The van der Waals surface area contributed by atoms with Crippen molar-refractivity contribution in [1.82, 2.24) is 35.4 Å². The van der Waals surface area contributed by atoms with Crippen LogP contribution in [0.25, 0.3) is 44.5 Å². The molecule has 0 atom stereocenters. The zero-order chi connectivity index (χ0) is 25.4. The summed E-state index contributed by atoms with van der Waals surface area (Å²) in [4.78, 5) is 14.8. The predicted molar refractivity (Wildman–Crippen MR) is 146 cm³/mol. The summed E-state index contributed by atoms with van der Waals surface area (Å²) in [5.74, 6) is 0.180. The number of fused-ring (bicyclic) bond motifs is 2. The van der Waals surface area contributed by atoms with Gasteiger partial charge in [0.05, 0.1) is 17.4 Å². The Bertz CT molecular complexity index is 1550. The molecule has 8 nitrogen and oxygen atoms in total. The number of benzene rings is 1. The lowest BCUT2D eigenvalue weighted by atomic mass is 9.93. The van der Waals surface area contributed by atoms with Gasteiger partial charge in [-0.05, 0) is 87.6 Å². The van der Waals surface area contributed by atoms with E-state index in [0.29, 0.717) is 5.92 Å². The van der Waals surface area contributed by atoms with E-state index >= 15 is 0 Å². The summed E-state index contributed by atoms with van der Waals surface area (Å²) in [6, 6.07) is 11.2. The first-order valence-corrected chi connectivity index (χ1v) is 12.8. The number of aromatic nitrogens is 5. The molecule has 0 spiro atoms. The lowest BCUT2D eigenvalue weighted by molar-refractivity contribution is 0.425. The quantitative estimate of drug-likeness (QED) is 0.259. The number of hydrogen-bond acceptors (Lipinski definition) is 6. The number of H-pyrrole nitrogens is 2. The molecule has 0 bridgehead atoms. The van der Waals surface area contributed by atoms with E-state index in [0.717, 1.165) is 94.9 Å². The van der Waals surface area contributed by atoms with Crippen LogP contribution in [0, 0.1) is 5.82 Å². The molecule has 4 aromatic heterocycles. The SMILES string of the molecule is CN(C)CCNc1cc(F)cc(-c2ccnc3[nH]c(-c4n[nH]c5cnc(C6CCNCC6)cc45)cc23)c1. The largest absolute Gasteiger partial charge is 0.384 e. The second-order valence-electron chi connectivity index (χ2n) is 10.0. The van der Waals surface area contributed by atoms with Crippen molar-refractivity contribution in [2.45, 2.75) is 18.8 Å². The first kappa shape index (κ1) is 23.6. The highest BCUT2D eigenvalue weighted by atomic mass is 19.1. The first-order valence-electron chi connectivity index (χ1n) is 12.8. The van der Waals surface area contributed by atoms with Crippen LogP contribution in [0.4, 0.5) is 10.1 Å². The molecule has 1 aliphatic rings. The Morgan fingerprint density at radius 1 is 1.05 bits per heavy atom. The van der Waals surface area contributed by atoms with Crippen molar-refractivity contribution in [1.29, 1.82) is 0 Å². The van der Waals surface area contributed by atoms with Crippen LogP contribution in [0.1, 0.15) is 24.5 Å². The third-order valence-corrected chi connectivity index (χ3v) is 7.11. The minimum Gasteiger partial charge on any atom is -0.384 e. The smallest absolute Gasteiger partial charge is 0.138 e. The number of pyridine rings is 2. The minimum atomic E-state index is -0.276. The highest BCUT2D eigenvalue weighted by Crippen LogP contribution is 2.35. The maximum absolute atomic E-state index is 14.6. The molecule has 9 heteroatoms. The lowest BCUT2D eigenvalue weighted by Crippen LogP contribution is -2.27. The van der Waals surface area contributed by atoms with Crippen molar-refractivity contribution in [2.24, 2.45) is 0 Å². The molecular weight excluding hydrogens is 467 g/mol. The summed E-state index contributed by atoms with van der Waals surface area (Å²) in [6.45, 7) is 3.63. The fraction of sp³-hybridized carbons (Fsp3) is 0.321. The summed E-state index contributed by atoms with van der Waals surface area (Å²) >= 11 is 0. The highest BCUT2D eigenvalue weighted by Gasteiger charge is 2.20. The second-order valence-corrected chi connectivity index (χ2v) is 10.0. The summed E-state index contributed by atoms with van der Waals surface area (Å²) in [5.41, 5.74) is 6.93. The van der Waals surface area contributed by atoms with Crippen LogP contribution in [-0.4, -0.2) is 70.3 Å². The monoisotopic (exact) mass is 498 g/mol. The third kappa shape index (κ3) is 4.80. The molecule has 6 rings (SSSR count). The minimum absolute atomic E-state index is 0.276. The molecule has 5 aromatic rings. The van der Waals surface area contributed by atoms with E-state index < -0.39 is 0 Å². The Morgan fingerprint density at radius 2 is 1.92 bits per heavy atom. The molecule has 1 saturated heterocycles. The molecule has 0 unspecified atom stereocenters. The Morgan fingerprint density at radius 3 is 2.76 bits per heavy atom. The Labute approximate surface area is 214 Å². The van der Waals surface area contributed by atoms with E-state index in [1.54, 1.807) is 12.3 Å². The van der Waals surface area contributed by atoms with Gasteiger partial charge in [-0.15, -0.1) is 0 Å². The van der Waals surface area contributed by atoms with Gasteiger partial charge in [-0.3, -0.25) is 10.1 Å². The van der Waals surface area contributed by atoms with Crippen LogP contribution < -0.4 is 10.6 Å². The Balaban J connectivity index is 1.37. The molecule has 0 aliphatic carbocycles. The highest BCUT2D eigenvalue weighted by molar-refractivity contribution is 5.99.